The number of fused-ring (bicyclic) bond motifs is 1. The topological polar surface area (TPSA) is 71.4 Å². The van der Waals surface area contributed by atoms with Gasteiger partial charge in [0.2, 0.25) is 5.91 Å². The highest BCUT2D eigenvalue weighted by Crippen LogP contribution is 2.33. The van der Waals surface area contributed by atoms with Crippen molar-refractivity contribution in [3.63, 3.8) is 0 Å². The number of thioether (sulfide) groups is 1. The van der Waals surface area contributed by atoms with Gasteiger partial charge in [0, 0.05) is 34.9 Å². The van der Waals surface area contributed by atoms with E-state index in [2.05, 4.69) is 5.32 Å². The number of aryl methyl sites for hydroxylation is 1. The third-order valence-electron chi connectivity index (χ3n) is 4.91. The highest BCUT2D eigenvalue weighted by atomic mass is 32.2. The molecule has 0 bridgehead atoms. The third-order valence-corrected chi connectivity index (χ3v) is 5.82. The number of carbonyl (C=O) groups excluding carboxylic acids is 3. The Balaban J connectivity index is 1.63. The molecule has 7 heteroatoms. The second-order valence-corrected chi connectivity index (χ2v) is 8.07. The van der Waals surface area contributed by atoms with Crippen molar-refractivity contribution >= 4 is 51.5 Å². The Bertz CT molecular complexity index is 1200. The van der Waals surface area contributed by atoms with Crippen molar-refractivity contribution < 1.29 is 14.4 Å². The van der Waals surface area contributed by atoms with Crippen LogP contribution >= 0.6 is 11.8 Å². The van der Waals surface area contributed by atoms with Crippen LogP contribution in [0, 0.1) is 6.92 Å². The van der Waals surface area contributed by atoms with E-state index in [4.69, 9.17) is 0 Å². The Morgan fingerprint density at radius 1 is 1.13 bits per heavy atom. The van der Waals surface area contributed by atoms with Gasteiger partial charge >= 0.3 is 0 Å². The Hall–Kier alpha value is -3.32. The average molecular weight is 420 g/mol. The minimum Gasteiger partial charge on any atom is -0.337 e. The van der Waals surface area contributed by atoms with E-state index in [1.54, 1.807) is 13.0 Å². The van der Waals surface area contributed by atoms with Gasteiger partial charge in [-0.3, -0.25) is 19.3 Å². The molecule has 0 spiro atoms. The SMILES string of the molecule is CCN1C(=O)S/C(=C/c2cn(CC(=O)Nc3cccc(C)c3)c3ccccc23)C1=O. The molecule has 0 radical (unpaired) electrons. The zero-order chi connectivity index (χ0) is 21.3. The van der Waals surface area contributed by atoms with Crippen molar-refractivity contribution in [2.75, 3.05) is 11.9 Å². The summed E-state index contributed by atoms with van der Waals surface area (Å²) in [6, 6.07) is 15.3. The molecule has 2 heterocycles. The lowest BCUT2D eigenvalue weighted by molar-refractivity contribution is -0.122. The van der Waals surface area contributed by atoms with Crippen LogP contribution in [0.4, 0.5) is 10.5 Å². The summed E-state index contributed by atoms with van der Waals surface area (Å²) in [4.78, 5) is 38.7. The summed E-state index contributed by atoms with van der Waals surface area (Å²) in [6.07, 6.45) is 3.58. The van der Waals surface area contributed by atoms with Gasteiger partial charge in [-0.1, -0.05) is 30.3 Å². The maximum absolute atomic E-state index is 12.6. The molecule has 3 amide bonds. The molecular weight excluding hydrogens is 398 g/mol. The van der Waals surface area contributed by atoms with Crippen molar-refractivity contribution in [3.05, 3.63) is 70.8 Å². The summed E-state index contributed by atoms with van der Waals surface area (Å²) >= 11 is 0.946. The molecule has 6 nitrogen and oxygen atoms in total. The van der Waals surface area contributed by atoms with Crippen LogP contribution in [0.3, 0.4) is 0 Å². The van der Waals surface area contributed by atoms with E-state index in [0.717, 1.165) is 39.5 Å². The van der Waals surface area contributed by atoms with Crippen LogP contribution in [0.1, 0.15) is 18.1 Å². The van der Waals surface area contributed by atoms with Gasteiger partial charge in [0.05, 0.1) is 4.91 Å². The van der Waals surface area contributed by atoms with Crippen LogP contribution in [0.2, 0.25) is 0 Å². The normalized spacial score (nSPS) is 15.4. The molecule has 1 aromatic heterocycles. The number of hydrogen-bond donors (Lipinski definition) is 1. The zero-order valence-electron chi connectivity index (χ0n) is 16.7. The van der Waals surface area contributed by atoms with Gasteiger partial charge in [0.1, 0.15) is 6.54 Å². The van der Waals surface area contributed by atoms with Crippen LogP contribution in [0.25, 0.3) is 17.0 Å². The highest BCUT2D eigenvalue weighted by molar-refractivity contribution is 8.18. The Labute approximate surface area is 178 Å². The average Bonchev–Trinajstić information content (AvgIpc) is 3.18. The number of hydrogen-bond acceptors (Lipinski definition) is 4. The lowest BCUT2D eigenvalue weighted by Gasteiger charge is -2.08. The second kappa shape index (κ2) is 8.20. The van der Waals surface area contributed by atoms with E-state index in [-0.39, 0.29) is 23.6 Å². The number of imide groups is 1. The number of carbonyl (C=O) groups is 3. The number of aromatic nitrogens is 1. The fraction of sp³-hybridized carbons (Fsp3) is 0.174. The van der Waals surface area contributed by atoms with Crippen molar-refractivity contribution in [2.45, 2.75) is 20.4 Å². The largest absolute Gasteiger partial charge is 0.337 e. The molecule has 1 fully saturated rings. The highest BCUT2D eigenvalue weighted by Gasteiger charge is 2.33. The molecule has 0 unspecified atom stereocenters. The van der Waals surface area contributed by atoms with E-state index in [1.165, 1.54) is 4.90 Å². The van der Waals surface area contributed by atoms with Crippen LogP contribution in [0.5, 0.6) is 0 Å². The molecule has 1 aliphatic heterocycles. The molecule has 1 aliphatic rings. The molecule has 0 aliphatic carbocycles. The van der Waals surface area contributed by atoms with Crippen molar-refractivity contribution in [2.24, 2.45) is 0 Å². The van der Waals surface area contributed by atoms with Crippen LogP contribution in [0.15, 0.2) is 59.6 Å². The summed E-state index contributed by atoms with van der Waals surface area (Å²) in [5.41, 5.74) is 3.51. The maximum atomic E-state index is 12.6. The fourth-order valence-electron chi connectivity index (χ4n) is 3.51. The summed E-state index contributed by atoms with van der Waals surface area (Å²) in [5.74, 6) is -0.416. The van der Waals surface area contributed by atoms with Crippen molar-refractivity contribution in [3.8, 4) is 0 Å². The molecule has 2 aromatic carbocycles. The number of benzene rings is 2. The van der Waals surface area contributed by atoms with Gasteiger partial charge in [-0.25, -0.2) is 0 Å². The lowest BCUT2D eigenvalue weighted by atomic mass is 10.1. The van der Waals surface area contributed by atoms with E-state index >= 15 is 0 Å². The van der Waals surface area contributed by atoms with Gasteiger partial charge in [-0.15, -0.1) is 0 Å². The minimum absolute atomic E-state index is 0.138. The number of likely N-dealkylation sites (N-methyl/N-ethyl adjacent to an activating group) is 1. The van der Waals surface area contributed by atoms with Crippen molar-refractivity contribution in [1.29, 1.82) is 0 Å². The van der Waals surface area contributed by atoms with Crippen LogP contribution < -0.4 is 5.32 Å². The van der Waals surface area contributed by atoms with E-state index in [1.807, 2.05) is 66.2 Å². The van der Waals surface area contributed by atoms with Crippen LogP contribution in [-0.4, -0.2) is 33.1 Å². The number of rotatable bonds is 5. The first-order valence-corrected chi connectivity index (χ1v) is 10.5. The molecule has 1 N–H and O–H groups in total. The van der Waals surface area contributed by atoms with Gasteiger partial charge in [-0.05, 0) is 55.4 Å². The first-order valence-electron chi connectivity index (χ1n) is 9.66. The van der Waals surface area contributed by atoms with Gasteiger partial charge in [0.15, 0.2) is 0 Å². The smallest absolute Gasteiger partial charge is 0.293 e. The fourth-order valence-corrected chi connectivity index (χ4v) is 4.41. The number of nitrogens with zero attached hydrogens (tertiary/aromatic N) is 2. The van der Waals surface area contributed by atoms with Crippen molar-refractivity contribution in [1.82, 2.24) is 9.47 Å². The number of para-hydroxylation sites is 1. The molecule has 30 heavy (non-hydrogen) atoms. The standard InChI is InChI=1S/C23H21N3O3S/c1-3-26-22(28)20(30-23(26)29)12-16-13-25(19-10-5-4-9-18(16)19)14-21(27)24-17-8-6-7-15(2)11-17/h4-13H,3,14H2,1-2H3,(H,24,27)/b20-12+. The first-order chi connectivity index (χ1) is 14.5. The molecule has 152 valence electrons. The van der Waals surface area contributed by atoms with E-state index < -0.39 is 0 Å². The second-order valence-electron chi connectivity index (χ2n) is 7.07. The molecule has 3 aromatic rings. The predicted octanol–water partition coefficient (Wildman–Crippen LogP) is 4.64. The Morgan fingerprint density at radius 3 is 2.67 bits per heavy atom. The summed E-state index contributed by atoms with van der Waals surface area (Å²) in [7, 11) is 0. The van der Waals surface area contributed by atoms with E-state index in [9.17, 15) is 14.4 Å². The molecule has 4 rings (SSSR count). The third kappa shape index (κ3) is 3.89. The maximum Gasteiger partial charge on any atom is 0.293 e. The molecule has 1 saturated heterocycles. The predicted molar refractivity (Wildman–Crippen MR) is 120 cm³/mol. The summed E-state index contributed by atoms with van der Waals surface area (Å²) < 4.78 is 1.86. The Kier molecular flexibility index (Phi) is 5.46. The number of amides is 3. The van der Waals surface area contributed by atoms with Gasteiger partial charge < -0.3 is 9.88 Å². The number of anilines is 1. The quantitative estimate of drug-likeness (QED) is 0.612. The summed E-state index contributed by atoms with van der Waals surface area (Å²) in [5, 5.41) is 3.59. The zero-order valence-corrected chi connectivity index (χ0v) is 17.5. The lowest BCUT2D eigenvalue weighted by Crippen LogP contribution is -2.27. The van der Waals surface area contributed by atoms with Gasteiger partial charge in [-0.2, -0.15) is 0 Å². The first kappa shape index (κ1) is 20.0. The van der Waals surface area contributed by atoms with Gasteiger partial charge in [0.25, 0.3) is 11.1 Å². The molecule has 0 atom stereocenters. The van der Waals surface area contributed by atoms with E-state index in [0.29, 0.717) is 11.4 Å². The molecular formula is C23H21N3O3S. The molecule has 0 saturated carbocycles. The Morgan fingerprint density at radius 2 is 1.93 bits per heavy atom. The monoisotopic (exact) mass is 419 g/mol. The number of nitrogens with one attached hydrogen (secondary N) is 1. The minimum atomic E-state index is -0.276. The van der Waals surface area contributed by atoms with Crippen LogP contribution in [-0.2, 0) is 16.1 Å². The summed E-state index contributed by atoms with van der Waals surface area (Å²) in [6.45, 7) is 4.24.